The first-order chi connectivity index (χ1) is 9.29. The van der Waals surface area contributed by atoms with Crippen molar-refractivity contribution in [3.63, 3.8) is 0 Å². The van der Waals surface area contributed by atoms with Gasteiger partial charge in [-0.25, -0.2) is 4.68 Å². The van der Waals surface area contributed by atoms with Gasteiger partial charge >= 0.3 is 0 Å². The Bertz CT molecular complexity index is 358. The lowest BCUT2D eigenvalue weighted by atomic mass is 9.99. The Morgan fingerprint density at radius 1 is 1.47 bits per heavy atom. The van der Waals surface area contributed by atoms with Crippen LogP contribution in [-0.4, -0.2) is 51.8 Å². The monoisotopic (exact) mass is 266 g/mol. The van der Waals surface area contributed by atoms with Gasteiger partial charge in [0.05, 0.1) is 6.54 Å². The van der Waals surface area contributed by atoms with E-state index in [0.29, 0.717) is 0 Å². The molecule has 1 fully saturated rings. The van der Waals surface area contributed by atoms with Crippen LogP contribution in [0.25, 0.3) is 0 Å². The summed E-state index contributed by atoms with van der Waals surface area (Å²) in [6.07, 6.45) is 4.93. The molecule has 1 saturated heterocycles. The van der Waals surface area contributed by atoms with Crippen molar-refractivity contribution in [2.45, 2.75) is 45.7 Å². The van der Waals surface area contributed by atoms with Crippen molar-refractivity contribution in [2.24, 2.45) is 5.92 Å². The van der Waals surface area contributed by atoms with Crippen LogP contribution in [0.5, 0.6) is 0 Å². The van der Waals surface area contributed by atoms with Crippen molar-refractivity contribution in [1.82, 2.24) is 30.4 Å². The van der Waals surface area contributed by atoms with E-state index in [0.717, 1.165) is 44.3 Å². The van der Waals surface area contributed by atoms with Crippen molar-refractivity contribution < 1.29 is 0 Å². The number of piperidine rings is 1. The smallest absolute Gasteiger partial charge is 0.165 e. The number of rotatable bonds is 7. The Morgan fingerprint density at radius 2 is 2.37 bits per heavy atom. The maximum absolute atomic E-state index is 4.15. The summed E-state index contributed by atoms with van der Waals surface area (Å²) in [4.78, 5) is 2.34. The fourth-order valence-electron chi connectivity index (χ4n) is 2.64. The Balaban J connectivity index is 1.80. The van der Waals surface area contributed by atoms with E-state index in [9.17, 15) is 0 Å². The van der Waals surface area contributed by atoms with E-state index >= 15 is 0 Å². The molecule has 2 rings (SSSR count). The van der Waals surface area contributed by atoms with Crippen LogP contribution in [-0.2, 0) is 13.1 Å². The van der Waals surface area contributed by atoms with Gasteiger partial charge < -0.3 is 5.32 Å². The molecule has 0 saturated carbocycles. The average molecular weight is 266 g/mol. The van der Waals surface area contributed by atoms with E-state index < -0.39 is 0 Å². The van der Waals surface area contributed by atoms with E-state index in [1.807, 2.05) is 4.68 Å². The summed E-state index contributed by atoms with van der Waals surface area (Å²) in [6, 6.07) is 0. The zero-order valence-electron chi connectivity index (χ0n) is 12.2. The Morgan fingerprint density at radius 3 is 3.11 bits per heavy atom. The highest BCUT2D eigenvalue weighted by Gasteiger charge is 2.16. The molecule has 6 nitrogen and oxygen atoms in total. The van der Waals surface area contributed by atoms with Gasteiger partial charge in [0.25, 0.3) is 0 Å². The van der Waals surface area contributed by atoms with E-state index in [4.69, 9.17) is 0 Å². The lowest BCUT2D eigenvalue weighted by Crippen LogP contribution is -2.37. The Hall–Kier alpha value is -1.01. The molecule has 6 heteroatoms. The third-order valence-corrected chi connectivity index (χ3v) is 3.71. The molecule has 1 atom stereocenters. The van der Waals surface area contributed by atoms with Crippen molar-refractivity contribution in [3.8, 4) is 0 Å². The molecule has 1 unspecified atom stereocenters. The summed E-state index contributed by atoms with van der Waals surface area (Å²) >= 11 is 0. The second-order valence-corrected chi connectivity index (χ2v) is 5.58. The average Bonchev–Trinajstić information content (AvgIpc) is 2.84. The SMILES string of the molecule is CCCCn1nnnc1CN(C)CC1CCCNC1. The molecule has 108 valence electrons. The van der Waals surface area contributed by atoms with E-state index in [2.05, 4.69) is 39.7 Å². The van der Waals surface area contributed by atoms with Crippen LogP contribution in [0.2, 0.25) is 0 Å². The lowest BCUT2D eigenvalue weighted by Gasteiger charge is -2.27. The van der Waals surface area contributed by atoms with E-state index in [1.54, 1.807) is 0 Å². The van der Waals surface area contributed by atoms with Gasteiger partial charge in [0.2, 0.25) is 0 Å². The number of hydrogen-bond donors (Lipinski definition) is 1. The summed E-state index contributed by atoms with van der Waals surface area (Å²) in [6.45, 7) is 7.39. The minimum Gasteiger partial charge on any atom is -0.316 e. The molecule has 0 bridgehead atoms. The highest BCUT2D eigenvalue weighted by atomic mass is 15.5. The fraction of sp³-hybridized carbons (Fsp3) is 0.923. The van der Waals surface area contributed by atoms with Crippen LogP contribution in [0.4, 0.5) is 0 Å². The zero-order chi connectivity index (χ0) is 13.5. The first kappa shape index (κ1) is 14.4. The van der Waals surface area contributed by atoms with Gasteiger partial charge in [0.1, 0.15) is 0 Å². The topological polar surface area (TPSA) is 58.9 Å². The number of tetrazole rings is 1. The molecular weight excluding hydrogens is 240 g/mol. The predicted octanol–water partition coefficient (Wildman–Crippen LogP) is 0.905. The van der Waals surface area contributed by atoms with Gasteiger partial charge in [0.15, 0.2) is 5.82 Å². The summed E-state index contributed by atoms with van der Waals surface area (Å²) in [7, 11) is 2.16. The molecular formula is C13H26N6. The largest absolute Gasteiger partial charge is 0.316 e. The Labute approximate surface area is 115 Å². The fourth-order valence-corrected chi connectivity index (χ4v) is 2.64. The van der Waals surface area contributed by atoms with Gasteiger partial charge in [-0.15, -0.1) is 5.10 Å². The van der Waals surface area contributed by atoms with Gasteiger partial charge in [-0.1, -0.05) is 13.3 Å². The number of nitrogens with zero attached hydrogens (tertiary/aromatic N) is 5. The van der Waals surface area contributed by atoms with Crippen molar-refractivity contribution in [1.29, 1.82) is 0 Å². The van der Waals surface area contributed by atoms with Gasteiger partial charge in [-0.2, -0.15) is 0 Å². The molecule has 2 heterocycles. The molecule has 0 radical (unpaired) electrons. The second kappa shape index (κ2) is 7.55. The Kier molecular flexibility index (Phi) is 5.72. The molecule has 19 heavy (non-hydrogen) atoms. The van der Waals surface area contributed by atoms with Crippen LogP contribution in [0, 0.1) is 5.92 Å². The first-order valence-electron chi connectivity index (χ1n) is 7.44. The molecule has 0 spiro atoms. The van der Waals surface area contributed by atoms with Crippen LogP contribution in [0.1, 0.15) is 38.4 Å². The number of aryl methyl sites for hydroxylation is 1. The van der Waals surface area contributed by atoms with Gasteiger partial charge in [-0.05, 0) is 55.7 Å². The molecule has 1 aromatic rings. The van der Waals surface area contributed by atoms with Crippen LogP contribution >= 0.6 is 0 Å². The molecule has 1 aliphatic rings. The highest BCUT2D eigenvalue weighted by Crippen LogP contribution is 2.12. The minimum absolute atomic E-state index is 0.763. The van der Waals surface area contributed by atoms with Crippen LogP contribution < -0.4 is 5.32 Å². The van der Waals surface area contributed by atoms with Crippen molar-refractivity contribution >= 4 is 0 Å². The third-order valence-electron chi connectivity index (χ3n) is 3.71. The summed E-state index contributed by atoms with van der Waals surface area (Å²) in [5, 5.41) is 15.5. The third kappa shape index (κ3) is 4.54. The standard InChI is InChI=1S/C13H26N6/c1-3-4-8-19-13(15-16-17-19)11-18(2)10-12-6-5-7-14-9-12/h12,14H,3-11H2,1-2H3. The lowest BCUT2D eigenvalue weighted by molar-refractivity contribution is 0.230. The molecule has 1 aromatic heterocycles. The maximum atomic E-state index is 4.15. The zero-order valence-corrected chi connectivity index (χ0v) is 12.2. The van der Waals surface area contributed by atoms with Crippen LogP contribution in [0.15, 0.2) is 0 Å². The van der Waals surface area contributed by atoms with Gasteiger partial charge in [-0.3, -0.25) is 4.90 Å². The first-order valence-corrected chi connectivity index (χ1v) is 7.44. The maximum Gasteiger partial charge on any atom is 0.165 e. The summed E-state index contributed by atoms with van der Waals surface area (Å²) in [5.41, 5.74) is 0. The van der Waals surface area contributed by atoms with E-state index in [-0.39, 0.29) is 0 Å². The molecule has 1 N–H and O–H groups in total. The number of aromatic nitrogens is 4. The van der Waals surface area contributed by atoms with Gasteiger partial charge in [0, 0.05) is 13.1 Å². The minimum atomic E-state index is 0.763. The van der Waals surface area contributed by atoms with E-state index in [1.165, 1.54) is 25.8 Å². The normalized spacial score (nSPS) is 20.1. The molecule has 0 aromatic carbocycles. The number of unbranched alkanes of at least 4 members (excludes halogenated alkanes) is 1. The molecule has 0 aliphatic carbocycles. The second-order valence-electron chi connectivity index (χ2n) is 5.58. The molecule has 0 amide bonds. The molecule has 1 aliphatic heterocycles. The summed E-state index contributed by atoms with van der Waals surface area (Å²) in [5.74, 6) is 1.75. The highest BCUT2D eigenvalue weighted by molar-refractivity contribution is 4.81. The summed E-state index contributed by atoms with van der Waals surface area (Å²) < 4.78 is 1.94. The number of nitrogens with one attached hydrogen (secondary N) is 1. The quantitative estimate of drug-likeness (QED) is 0.795. The van der Waals surface area contributed by atoms with Crippen molar-refractivity contribution in [2.75, 3.05) is 26.7 Å². The predicted molar refractivity (Wildman–Crippen MR) is 74.7 cm³/mol. The number of hydrogen-bond acceptors (Lipinski definition) is 5. The van der Waals surface area contributed by atoms with Crippen LogP contribution in [0.3, 0.4) is 0 Å². The van der Waals surface area contributed by atoms with Crippen molar-refractivity contribution in [3.05, 3.63) is 5.82 Å².